The van der Waals surface area contributed by atoms with Crippen molar-refractivity contribution in [2.45, 2.75) is 63.0 Å². The molecule has 1 aliphatic carbocycles. The van der Waals surface area contributed by atoms with Gasteiger partial charge in [-0.3, -0.25) is 0 Å². The summed E-state index contributed by atoms with van der Waals surface area (Å²) in [4.78, 5) is 0. The highest BCUT2D eigenvalue weighted by Gasteiger charge is 2.41. The highest BCUT2D eigenvalue weighted by Crippen LogP contribution is 2.43. The van der Waals surface area contributed by atoms with Gasteiger partial charge in [0, 0.05) is 25.9 Å². The molecule has 1 spiro atoms. The van der Waals surface area contributed by atoms with Crippen molar-refractivity contribution in [1.29, 1.82) is 0 Å². The van der Waals surface area contributed by atoms with Crippen molar-refractivity contribution in [2.24, 2.45) is 17.6 Å². The summed E-state index contributed by atoms with van der Waals surface area (Å²) < 4.78 is 11.6. The van der Waals surface area contributed by atoms with E-state index in [9.17, 15) is 0 Å². The number of nitrogens with two attached hydrogens (primary N) is 1. The fourth-order valence-electron chi connectivity index (χ4n) is 4.15. The van der Waals surface area contributed by atoms with Gasteiger partial charge in [-0.15, -0.1) is 0 Å². The van der Waals surface area contributed by atoms with E-state index in [1.54, 1.807) is 0 Å². The average molecular weight is 253 g/mol. The molecule has 0 aromatic rings. The van der Waals surface area contributed by atoms with Crippen molar-refractivity contribution >= 4 is 0 Å². The first-order valence-electron chi connectivity index (χ1n) is 7.75. The van der Waals surface area contributed by atoms with Gasteiger partial charge in [0.05, 0.1) is 5.60 Å². The SMILES string of the molecule is NC(CC1CCOC1)C1CCOC2(CCCC2)C1. The van der Waals surface area contributed by atoms with Crippen LogP contribution in [0.15, 0.2) is 0 Å². The van der Waals surface area contributed by atoms with Crippen LogP contribution in [0.2, 0.25) is 0 Å². The van der Waals surface area contributed by atoms with Gasteiger partial charge >= 0.3 is 0 Å². The maximum absolute atomic E-state index is 6.47. The van der Waals surface area contributed by atoms with Crippen molar-refractivity contribution < 1.29 is 9.47 Å². The number of rotatable bonds is 3. The molecule has 3 heteroatoms. The fraction of sp³-hybridized carbons (Fsp3) is 1.00. The van der Waals surface area contributed by atoms with E-state index in [4.69, 9.17) is 15.2 Å². The van der Waals surface area contributed by atoms with Crippen LogP contribution in [0.3, 0.4) is 0 Å². The third-order valence-electron chi connectivity index (χ3n) is 5.28. The minimum absolute atomic E-state index is 0.215. The lowest BCUT2D eigenvalue weighted by Crippen LogP contribution is -2.44. The Labute approximate surface area is 110 Å². The molecule has 104 valence electrons. The second-order valence-corrected chi connectivity index (χ2v) is 6.62. The highest BCUT2D eigenvalue weighted by atomic mass is 16.5. The molecule has 3 aliphatic rings. The van der Waals surface area contributed by atoms with Crippen LogP contribution >= 0.6 is 0 Å². The molecule has 0 radical (unpaired) electrons. The third kappa shape index (κ3) is 2.73. The van der Waals surface area contributed by atoms with Gasteiger partial charge in [0.25, 0.3) is 0 Å². The maximum atomic E-state index is 6.47. The molecular weight excluding hydrogens is 226 g/mol. The quantitative estimate of drug-likeness (QED) is 0.840. The Kier molecular flexibility index (Phi) is 3.92. The first-order chi connectivity index (χ1) is 8.77. The van der Waals surface area contributed by atoms with Crippen molar-refractivity contribution in [3.8, 4) is 0 Å². The summed E-state index contributed by atoms with van der Waals surface area (Å²) in [7, 11) is 0. The first kappa shape index (κ1) is 12.9. The van der Waals surface area contributed by atoms with Gasteiger partial charge in [-0.1, -0.05) is 12.8 Å². The number of hydrogen-bond acceptors (Lipinski definition) is 3. The van der Waals surface area contributed by atoms with Crippen LogP contribution in [0.1, 0.15) is 51.4 Å². The Balaban J connectivity index is 1.54. The molecule has 0 aromatic heterocycles. The number of hydrogen-bond donors (Lipinski definition) is 1. The van der Waals surface area contributed by atoms with Crippen molar-refractivity contribution in [3.05, 3.63) is 0 Å². The van der Waals surface area contributed by atoms with E-state index in [-0.39, 0.29) is 5.60 Å². The van der Waals surface area contributed by atoms with E-state index in [2.05, 4.69) is 0 Å². The molecule has 0 amide bonds. The zero-order valence-corrected chi connectivity index (χ0v) is 11.4. The zero-order valence-electron chi connectivity index (χ0n) is 11.4. The Morgan fingerprint density at radius 3 is 2.72 bits per heavy atom. The van der Waals surface area contributed by atoms with Crippen LogP contribution in [0.5, 0.6) is 0 Å². The highest BCUT2D eigenvalue weighted by molar-refractivity contribution is 4.94. The second-order valence-electron chi connectivity index (χ2n) is 6.62. The van der Waals surface area contributed by atoms with E-state index >= 15 is 0 Å². The number of ether oxygens (including phenoxy) is 2. The summed E-state index contributed by atoms with van der Waals surface area (Å²) in [6, 6.07) is 0.359. The van der Waals surface area contributed by atoms with Gasteiger partial charge in [-0.2, -0.15) is 0 Å². The lowest BCUT2D eigenvalue weighted by molar-refractivity contribution is -0.0969. The largest absolute Gasteiger partial charge is 0.381 e. The zero-order chi connectivity index (χ0) is 12.4. The predicted molar refractivity (Wildman–Crippen MR) is 71.4 cm³/mol. The maximum Gasteiger partial charge on any atom is 0.0685 e. The third-order valence-corrected chi connectivity index (χ3v) is 5.28. The summed E-state index contributed by atoms with van der Waals surface area (Å²) in [6.45, 7) is 2.80. The molecule has 3 unspecified atom stereocenters. The molecule has 2 aliphatic heterocycles. The summed E-state index contributed by atoms with van der Waals surface area (Å²) >= 11 is 0. The fourth-order valence-corrected chi connectivity index (χ4v) is 4.15. The van der Waals surface area contributed by atoms with E-state index < -0.39 is 0 Å². The molecule has 2 N–H and O–H groups in total. The molecule has 3 atom stereocenters. The molecule has 0 bridgehead atoms. The van der Waals surface area contributed by atoms with Crippen molar-refractivity contribution in [1.82, 2.24) is 0 Å². The predicted octanol–water partition coefficient (Wildman–Crippen LogP) is 2.48. The Bertz CT molecular complexity index is 270. The van der Waals surface area contributed by atoms with Gasteiger partial charge in [0.15, 0.2) is 0 Å². The molecular formula is C15H27NO2. The summed E-state index contributed by atoms with van der Waals surface area (Å²) in [5.74, 6) is 1.39. The van der Waals surface area contributed by atoms with Gasteiger partial charge in [-0.25, -0.2) is 0 Å². The Hall–Kier alpha value is -0.120. The minimum atomic E-state index is 0.215. The molecule has 1 saturated carbocycles. The van der Waals surface area contributed by atoms with Gasteiger partial charge in [0.2, 0.25) is 0 Å². The average Bonchev–Trinajstić information content (AvgIpc) is 3.02. The van der Waals surface area contributed by atoms with Crippen molar-refractivity contribution in [3.63, 3.8) is 0 Å². The topological polar surface area (TPSA) is 44.5 Å². The molecule has 3 fully saturated rings. The molecule has 18 heavy (non-hydrogen) atoms. The van der Waals surface area contributed by atoms with E-state index in [0.717, 1.165) is 32.7 Å². The first-order valence-corrected chi connectivity index (χ1v) is 7.75. The minimum Gasteiger partial charge on any atom is -0.381 e. The van der Waals surface area contributed by atoms with Crippen LogP contribution in [0.25, 0.3) is 0 Å². The van der Waals surface area contributed by atoms with Crippen molar-refractivity contribution in [2.75, 3.05) is 19.8 Å². The molecule has 0 aromatic carbocycles. The Morgan fingerprint density at radius 2 is 2.00 bits per heavy atom. The smallest absolute Gasteiger partial charge is 0.0685 e. The lowest BCUT2D eigenvalue weighted by Gasteiger charge is -2.40. The van der Waals surface area contributed by atoms with E-state index in [1.165, 1.54) is 38.5 Å². The van der Waals surface area contributed by atoms with E-state index in [1.807, 2.05) is 0 Å². The van der Waals surface area contributed by atoms with Crippen LogP contribution in [-0.4, -0.2) is 31.5 Å². The normalized spacial score (nSPS) is 37.2. The molecule has 3 rings (SSSR count). The molecule has 3 nitrogen and oxygen atoms in total. The van der Waals surface area contributed by atoms with Gasteiger partial charge in [-0.05, 0) is 50.4 Å². The summed E-state index contributed by atoms with van der Waals surface area (Å²) in [6.07, 6.45) is 9.96. The van der Waals surface area contributed by atoms with Crippen LogP contribution in [0.4, 0.5) is 0 Å². The standard InChI is InChI=1S/C15H27NO2/c16-14(9-12-3-7-17-11-12)13-4-8-18-15(10-13)5-1-2-6-15/h12-14H,1-11,16H2. The molecule has 2 heterocycles. The van der Waals surface area contributed by atoms with Gasteiger partial charge in [0.1, 0.15) is 0 Å². The Morgan fingerprint density at radius 1 is 1.17 bits per heavy atom. The van der Waals surface area contributed by atoms with Crippen LogP contribution in [-0.2, 0) is 9.47 Å². The van der Waals surface area contributed by atoms with E-state index in [0.29, 0.717) is 17.9 Å². The lowest BCUT2D eigenvalue weighted by atomic mass is 9.78. The monoisotopic (exact) mass is 253 g/mol. The summed E-state index contributed by atoms with van der Waals surface area (Å²) in [5, 5.41) is 0. The second kappa shape index (κ2) is 5.48. The summed E-state index contributed by atoms with van der Waals surface area (Å²) in [5.41, 5.74) is 6.68. The molecule has 2 saturated heterocycles. The van der Waals surface area contributed by atoms with Crippen LogP contribution < -0.4 is 5.73 Å². The van der Waals surface area contributed by atoms with Gasteiger partial charge < -0.3 is 15.2 Å². The van der Waals surface area contributed by atoms with Crippen LogP contribution in [0, 0.1) is 11.8 Å².